The van der Waals surface area contributed by atoms with Crippen molar-refractivity contribution in [2.24, 2.45) is 35.0 Å². The number of fused-ring (bicyclic) bond motifs is 5. The summed E-state index contributed by atoms with van der Waals surface area (Å²) in [5, 5.41) is 11.3. The number of hydrogen-bond donors (Lipinski definition) is 1. The average Bonchev–Trinajstić information content (AvgIpc) is 2.79. The first-order valence-electron chi connectivity index (χ1n) is 9.59. The number of aliphatic hydroxyl groups is 1. The van der Waals surface area contributed by atoms with Crippen LogP contribution in [0, 0.1) is 35.0 Å². The third-order valence-corrected chi connectivity index (χ3v) is 8.28. The van der Waals surface area contributed by atoms with Crippen LogP contribution in [0.5, 0.6) is 0 Å². The zero-order valence-corrected chi connectivity index (χ0v) is 14.1. The summed E-state index contributed by atoms with van der Waals surface area (Å²) in [7, 11) is 0. The maximum atomic E-state index is 11.3. The molecular weight excluding hydrogens is 268 g/mol. The fourth-order valence-corrected chi connectivity index (χ4v) is 7.09. The van der Waals surface area contributed by atoms with Crippen LogP contribution in [0.25, 0.3) is 0 Å². The van der Waals surface area contributed by atoms with Gasteiger partial charge in [-0.2, -0.15) is 0 Å². The predicted molar refractivity (Wildman–Crippen MR) is 91.4 cm³/mol. The summed E-state index contributed by atoms with van der Waals surface area (Å²) in [6, 6.07) is 0. The van der Waals surface area contributed by atoms with Crippen molar-refractivity contribution in [1.29, 1.82) is 0 Å². The first kappa shape index (κ1) is 15.0. The van der Waals surface area contributed by atoms with Gasteiger partial charge in [0.25, 0.3) is 0 Å². The Balaban J connectivity index is 1.61. The second-order valence-electron chi connectivity index (χ2n) is 8.86. The SMILES string of the molecule is C=CC[C@]1(O)CC[C@H]2[C@@H]3CC[C@H]4C=CCC[C@@H]4[C@H]3CC[C@@]21C. The summed E-state index contributed by atoms with van der Waals surface area (Å²) >= 11 is 0. The lowest BCUT2D eigenvalue weighted by atomic mass is 9.49. The zero-order valence-electron chi connectivity index (χ0n) is 14.1. The van der Waals surface area contributed by atoms with Crippen molar-refractivity contribution >= 4 is 0 Å². The van der Waals surface area contributed by atoms with Crippen LogP contribution in [0.4, 0.5) is 0 Å². The average molecular weight is 300 g/mol. The Morgan fingerprint density at radius 3 is 2.77 bits per heavy atom. The molecule has 4 aliphatic carbocycles. The van der Waals surface area contributed by atoms with Crippen LogP contribution in [0.2, 0.25) is 0 Å². The van der Waals surface area contributed by atoms with Gasteiger partial charge in [0.05, 0.1) is 5.60 Å². The Labute approximate surface area is 135 Å². The molecule has 0 aromatic rings. The van der Waals surface area contributed by atoms with Crippen molar-refractivity contribution in [1.82, 2.24) is 0 Å². The fraction of sp³-hybridized carbons (Fsp3) is 0.810. The molecule has 1 heteroatoms. The number of rotatable bonds is 2. The molecule has 0 radical (unpaired) electrons. The van der Waals surface area contributed by atoms with Crippen LogP contribution >= 0.6 is 0 Å². The third kappa shape index (κ3) is 1.94. The molecule has 0 aromatic heterocycles. The lowest BCUT2D eigenvalue weighted by Crippen LogP contribution is -2.53. The van der Waals surface area contributed by atoms with Gasteiger partial charge in [0.2, 0.25) is 0 Å². The van der Waals surface area contributed by atoms with Crippen molar-refractivity contribution in [3.05, 3.63) is 24.8 Å². The summed E-state index contributed by atoms with van der Waals surface area (Å²) in [4.78, 5) is 0. The Morgan fingerprint density at radius 2 is 1.95 bits per heavy atom. The van der Waals surface area contributed by atoms with Crippen molar-refractivity contribution in [2.75, 3.05) is 0 Å². The largest absolute Gasteiger partial charge is 0.389 e. The molecule has 0 bridgehead atoms. The molecule has 4 aliphatic rings. The monoisotopic (exact) mass is 300 g/mol. The Kier molecular flexibility index (Phi) is 3.56. The van der Waals surface area contributed by atoms with Gasteiger partial charge in [-0.3, -0.25) is 0 Å². The van der Waals surface area contributed by atoms with Gasteiger partial charge in [-0.05, 0) is 92.8 Å². The van der Waals surface area contributed by atoms with E-state index in [-0.39, 0.29) is 5.41 Å². The fourth-order valence-electron chi connectivity index (χ4n) is 7.09. The maximum Gasteiger partial charge on any atom is 0.0738 e. The van der Waals surface area contributed by atoms with E-state index in [2.05, 4.69) is 25.7 Å². The molecule has 4 rings (SSSR count). The van der Waals surface area contributed by atoms with E-state index in [9.17, 15) is 5.11 Å². The Hall–Kier alpha value is -0.560. The predicted octanol–water partition coefficient (Wildman–Crippen LogP) is 5.11. The topological polar surface area (TPSA) is 20.2 Å². The quantitative estimate of drug-likeness (QED) is 0.702. The van der Waals surface area contributed by atoms with Crippen LogP contribution in [0.3, 0.4) is 0 Å². The van der Waals surface area contributed by atoms with Crippen LogP contribution in [-0.2, 0) is 0 Å². The van der Waals surface area contributed by atoms with Crippen molar-refractivity contribution in [2.45, 2.75) is 70.3 Å². The molecule has 7 atom stereocenters. The van der Waals surface area contributed by atoms with Crippen molar-refractivity contribution < 1.29 is 5.11 Å². The van der Waals surface area contributed by atoms with Gasteiger partial charge < -0.3 is 5.11 Å². The molecule has 0 aromatic carbocycles. The summed E-state index contributed by atoms with van der Waals surface area (Å²) in [5.74, 6) is 4.38. The normalized spacial score (nSPS) is 53.5. The molecule has 1 nitrogen and oxygen atoms in total. The highest BCUT2D eigenvalue weighted by molar-refractivity contribution is 5.14. The van der Waals surface area contributed by atoms with E-state index in [4.69, 9.17) is 0 Å². The van der Waals surface area contributed by atoms with Gasteiger partial charge in [-0.15, -0.1) is 6.58 Å². The smallest absolute Gasteiger partial charge is 0.0738 e. The van der Waals surface area contributed by atoms with Crippen molar-refractivity contribution in [3.63, 3.8) is 0 Å². The molecule has 3 fully saturated rings. The molecule has 0 amide bonds. The van der Waals surface area contributed by atoms with Gasteiger partial charge in [-0.25, -0.2) is 0 Å². The molecule has 0 saturated heterocycles. The molecule has 3 saturated carbocycles. The molecule has 122 valence electrons. The minimum Gasteiger partial charge on any atom is -0.389 e. The Morgan fingerprint density at radius 1 is 1.09 bits per heavy atom. The third-order valence-electron chi connectivity index (χ3n) is 8.28. The van der Waals surface area contributed by atoms with E-state index in [1.54, 1.807) is 0 Å². The lowest BCUT2D eigenvalue weighted by Gasteiger charge is -2.56. The summed E-state index contributed by atoms with van der Waals surface area (Å²) in [5.41, 5.74) is -0.340. The molecule has 0 aliphatic heterocycles. The van der Waals surface area contributed by atoms with E-state index < -0.39 is 5.60 Å². The van der Waals surface area contributed by atoms with Gasteiger partial charge in [0.15, 0.2) is 0 Å². The highest BCUT2D eigenvalue weighted by atomic mass is 16.3. The molecule has 0 unspecified atom stereocenters. The molecule has 0 heterocycles. The summed E-state index contributed by atoms with van der Waals surface area (Å²) < 4.78 is 0. The van der Waals surface area contributed by atoms with E-state index in [0.717, 1.165) is 42.4 Å². The van der Waals surface area contributed by atoms with Crippen LogP contribution < -0.4 is 0 Å². The van der Waals surface area contributed by atoms with Gasteiger partial charge in [-0.1, -0.05) is 25.2 Å². The minimum absolute atomic E-state index is 0.139. The highest BCUT2D eigenvalue weighted by Gasteiger charge is 2.61. The standard InChI is InChI=1S/C21H32O/c1-3-12-21(22)14-11-19-18-9-8-15-6-4-5-7-16(15)17(18)10-13-20(19,21)2/h3-4,6,15-19,22H,1,5,7-14H2,2H3/t15-,16+,17-,18-,19+,20+,21+/m1/s1. The molecule has 1 N–H and O–H groups in total. The van der Waals surface area contributed by atoms with E-state index in [0.29, 0.717) is 0 Å². The van der Waals surface area contributed by atoms with Crippen molar-refractivity contribution in [3.8, 4) is 0 Å². The lowest BCUT2D eigenvalue weighted by molar-refractivity contribution is -0.123. The zero-order chi connectivity index (χ0) is 15.4. The summed E-state index contributed by atoms with van der Waals surface area (Å²) in [6.07, 6.45) is 18.0. The van der Waals surface area contributed by atoms with Crippen LogP contribution in [0.15, 0.2) is 24.8 Å². The van der Waals surface area contributed by atoms with Crippen LogP contribution in [0.1, 0.15) is 64.7 Å². The minimum atomic E-state index is -0.478. The van der Waals surface area contributed by atoms with Gasteiger partial charge in [0, 0.05) is 0 Å². The molecular formula is C21H32O. The van der Waals surface area contributed by atoms with Crippen LogP contribution in [-0.4, -0.2) is 10.7 Å². The number of hydrogen-bond acceptors (Lipinski definition) is 1. The summed E-state index contributed by atoms with van der Waals surface area (Å²) in [6.45, 7) is 6.31. The molecule has 22 heavy (non-hydrogen) atoms. The second kappa shape index (κ2) is 5.23. The maximum absolute atomic E-state index is 11.3. The number of allylic oxidation sites excluding steroid dienone is 2. The van der Waals surface area contributed by atoms with E-state index in [1.165, 1.54) is 44.9 Å². The van der Waals surface area contributed by atoms with Gasteiger partial charge in [0.1, 0.15) is 0 Å². The Bertz CT molecular complexity index is 480. The highest BCUT2D eigenvalue weighted by Crippen LogP contribution is 2.65. The first-order chi connectivity index (χ1) is 10.6. The first-order valence-corrected chi connectivity index (χ1v) is 9.59. The van der Waals surface area contributed by atoms with Gasteiger partial charge >= 0.3 is 0 Å². The molecule has 0 spiro atoms. The second-order valence-corrected chi connectivity index (χ2v) is 8.86. The van der Waals surface area contributed by atoms with E-state index in [1.807, 2.05) is 6.08 Å². The van der Waals surface area contributed by atoms with E-state index >= 15 is 0 Å².